The van der Waals surface area contributed by atoms with Crippen molar-refractivity contribution < 1.29 is 18.3 Å². The number of aryl methyl sites for hydroxylation is 1. The normalized spacial score (nSPS) is 12.1. The Kier molecular flexibility index (Phi) is 4.83. The lowest BCUT2D eigenvalue weighted by atomic mass is 9.99. The molecule has 112 valence electrons. The predicted molar refractivity (Wildman–Crippen MR) is 81.4 cm³/mol. The molecule has 21 heavy (non-hydrogen) atoms. The van der Waals surface area contributed by atoms with Crippen LogP contribution < -0.4 is 9.47 Å². The molecular weight excluding hydrogens is 342 g/mol. The van der Waals surface area contributed by atoms with Gasteiger partial charge in [-0.25, -0.2) is 8.78 Å². The van der Waals surface area contributed by atoms with Gasteiger partial charge < -0.3 is 9.47 Å². The van der Waals surface area contributed by atoms with E-state index >= 15 is 0 Å². The Morgan fingerprint density at radius 2 is 1.62 bits per heavy atom. The fourth-order valence-corrected chi connectivity index (χ4v) is 3.00. The van der Waals surface area contributed by atoms with Crippen molar-refractivity contribution in [3.63, 3.8) is 0 Å². The second-order valence-corrected chi connectivity index (χ2v) is 5.49. The highest BCUT2D eigenvalue weighted by molar-refractivity contribution is 9.09. The van der Waals surface area contributed by atoms with E-state index in [4.69, 9.17) is 9.47 Å². The fourth-order valence-electron chi connectivity index (χ4n) is 2.15. The van der Waals surface area contributed by atoms with Crippen LogP contribution in [0.25, 0.3) is 0 Å². The molecule has 1 unspecified atom stereocenters. The van der Waals surface area contributed by atoms with Gasteiger partial charge in [-0.05, 0) is 36.2 Å². The molecule has 2 aromatic rings. The Morgan fingerprint density at radius 3 is 2.24 bits per heavy atom. The summed E-state index contributed by atoms with van der Waals surface area (Å²) in [4.78, 5) is -0.479. The molecule has 0 amide bonds. The van der Waals surface area contributed by atoms with Gasteiger partial charge in [0.1, 0.15) is 0 Å². The number of hydrogen-bond donors (Lipinski definition) is 0. The summed E-state index contributed by atoms with van der Waals surface area (Å²) in [6.45, 7) is 1.88. The van der Waals surface area contributed by atoms with Crippen LogP contribution in [0.1, 0.15) is 21.5 Å². The van der Waals surface area contributed by atoms with E-state index in [2.05, 4.69) is 15.9 Å². The summed E-state index contributed by atoms with van der Waals surface area (Å²) in [5, 5.41) is 0. The van der Waals surface area contributed by atoms with Gasteiger partial charge in [-0.3, -0.25) is 0 Å². The number of benzene rings is 2. The first kappa shape index (κ1) is 15.8. The van der Waals surface area contributed by atoms with Crippen molar-refractivity contribution in [1.29, 1.82) is 0 Å². The second-order valence-electron chi connectivity index (χ2n) is 4.57. The van der Waals surface area contributed by atoms with E-state index < -0.39 is 16.5 Å². The van der Waals surface area contributed by atoms with Gasteiger partial charge in [0.15, 0.2) is 23.1 Å². The standard InChI is InChI=1S/C16H15BrF2O2/c1-9-7-13(20-2)14(21-3)8-11(9)15(17)10-5-4-6-12(18)16(10)19/h4-8,15H,1-3H3. The first-order valence-electron chi connectivity index (χ1n) is 6.30. The predicted octanol–water partition coefficient (Wildman–Crippen LogP) is 4.77. The zero-order valence-electron chi connectivity index (χ0n) is 11.9. The van der Waals surface area contributed by atoms with Crippen molar-refractivity contribution in [2.24, 2.45) is 0 Å². The monoisotopic (exact) mass is 356 g/mol. The summed E-state index contributed by atoms with van der Waals surface area (Å²) in [7, 11) is 3.08. The number of alkyl halides is 1. The molecule has 1 atom stereocenters. The van der Waals surface area contributed by atoms with Gasteiger partial charge in [-0.1, -0.05) is 28.1 Å². The molecule has 0 fully saturated rings. The van der Waals surface area contributed by atoms with Crippen LogP contribution >= 0.6 is 15.9 Å². The number of ether oxygens (including phenoxy) is 2. The first-order valence-corrected chi connectivity index (χ1v) is 7.21. The third kappa shape index (κ3) is 3.02. The lowest BCUT2D eigenvalue weighted by Crippen LogP contribution is -2.02. The molecule has 0 N–H and O–H groups in total. The number of halogens is 3. The van der Waals surface area contributed by atoms with Crippen LogP contribution in [-0.2, 0) is 0 Å². The molecule has 0 radical (unpaired) electrons. The molecule has 0 aliphatic carbocycles. The maximum absolute atomic E-state index is 13.9. The van der Waals surface area contributed by atoms with Crippen LogP contribution in [0.2, 0.25) is 0 Å². The van der Waals surface area contributed by atoms with Gasteiger partial charge >= 0.3 is 0 Å². The van der Waals surface area contributed by atoms with Crippen molar-refractivity contribution in [2.45, 2.75) is 11.8 Å². The Morgan fingerprint density at radius 1 is 1.00 bits per heavy atom. The maximum atomic E-state index is 13.9. The van der Waals surface area contributed by atoms with E-state index in [0.29, 0.717) is 11.5 Å². The highest BCUT2D eigenvalue weighted by atomic mass is 79.9. The van der Waals surface area contributed by atoms with E-state index in [1.54, 1.807) is 25.3 Å². The van der Waals surface area contributed by atoms with Gasteiger partial charge in [0.05, 0.1) is 19.0 Å². The van der Waals surface area contributed by atoms with E-state index in [-0.39, 0.29) is 5.56 Å². The number of rotatable bonds is 4. The molecule has 0 bridgehead atoms. The summed E-state index contributed by atoms with van der Waals surface area (Å²) in [5.41, 5.74) is 1.92. The Balaban J connectivity index is 2.53. The molecule has 0 heterocycles. The molecular formula is C16H15BrF2O2. The van der Waals surface area contributed by atoms with E-state index in [1.807, 2.05) is 6.92 Å². The highest BCUT2D eigenvalue weighted by Crippen LogP contribution is 2.39. The zero-order valence-corrected chi connectivity index (χ0v) is 13.5. The Hall–Kier alpha value is -1.62. The summed E-state index contributed by atoms with van der Waals surface area (Å²) < 4.78 is 37.8. The van der Waals surface area contributed by atoms with E-state index in [9.17, 15) is 8.78 Å². The van der Waals surface area contributed by atoms with Gasteiger partial charge in [0, 0.05) is 5.56 Å². The van der Waals surface area contributed by atoms with Crippen molar-refractivity contribution in [3.8, 4) is 11.5 Å². The largest absolute Gasteiger partial charge is 0.493 e. The van der Waals surface area contributed by atoms with Gasteiger partial charge in [-0.15, -0.1) is 0 Å². The van der Waals surface area contributed by atoms with Crippen LogP contribution in [0.4, 0.5) is 8.78 Å². The van der Waals surface area contributed by atoms with Crippen LogP contribution in [0.3, 0.4) is 0 Å². The molecule has 0 aliphatic rings. The average molecular weight is 357 g/mol. The summed E-state index contributed by atoms with van der Waals surface area (Å²) in [6.07, 6.45) is 0. The average Bonchev–Trinajstić information content (AvgIpc) is 2.49. The minimum absolute atomic E-state index is 0.241. The van der Waals surface area contributed by atoms with Crippen molar-refractivity contribution in [3.05, 3.63) is 58.7 Å². The first-order chi connectivity index (χ1) is 9.99. The lowest BCUT2D eigenvalue weighted by molar-refractivity contribution is 0.354. The van der Waals surface area contributed by atoms with Crippen molar-refractivity contribution >= 4 is 15.9 Å². The summed E-state index contributed by atoms with van der Waals surface area (Å²) in [6, 6.07) is 7.70. The minimum Gasteiger partial charge on any atom is -0.493 e. The lowest BCUT2D eigenvalue weighted by Gasteiger charge is -2.17. The van der Waals surface area contributed by atoms with Crippen LogP contribution in [0, 0.1) is 18.6 Å². The second kappa shape index (κ2) is 6.43. The molecule has 0 saturated heterocycles. The molecule has 2 rings (SSSR count). The third-order valence-corrected chi connectivity index (χ3v) is 4.29. The van der Waals surface area contributed by atoms with E-state index in [1.165, 1.54) is 13.2 Å². The van der Waals surface area contributed by atoms with Crippen LogP contribution in [-0.4, -0.2) is 14.2 Å². The van der Waals surface area contributed by atoms with Crippen molar-refractivity contribution in [2.75, 3.05) is 14.2 Å². The van der Waals surface area contributed by atoms with Crippen molar-refractivity contribution in [1.82, 2.24) is 0 Å². The molecule has 0 aromatic heterocycles. The molecule has 2 aromatic carbocycles. The van der Waals surface area contributed by atoms with Crippen LogP contribution in [0.15, 0.2) is 30.3 Å². The smallest absolute Gasteiger partial charge is 0.163 e. The number of hydrogen-bond acceptors (Lipinski definition) is 2. The highest BCUT2D eigenvalue weighted by Gasteiger charge is 2.21. The van der Waals surface area contributed by atoms with Gasteiger partial charge in [0.2, 0.25) is 0 Å². The van der Waals surface area contributed by atoms with Crippen LogP contribution in [0.5, 0.6) is 11.5 Å². The topological polar surface area (TPSA) is 18.5 Å². The molecule has 0 saturated carbocycles. The minimum atomic E-state index is -0.866. The maximum Gasteiger partial charge on any atom is 0.163 e. The van der Waals surface area contributed by atoms with Gasteiger partial charge in [0.25, 0.3) is 0 Å². The molecule has 0 spiro atoms. The fraction of sp³-hybridized carbons (Fsp3) is 0.250. The Labute approximate surface area is 130 Å². The summed E-state index contributed by atoms with van der Waals surface area (Å²) >= 11 is 3.44. The summed E-state index contributed by atoms with van der Waals surface area (Å²) in [5.74, 6) is -0.582. The molecule has 2 nitrogen and oxygen atoms in total. The third-order valence-electron chi connectivity index (χ3n) is 3.30. The van der Waals surface area contributed by atoms with E-state index in [0.717, 1.165) is 17.2 Å². The van der Waals surface area contributed by atoms with Gasteiger partial charge in [-0.2, -0.15) is 0 Å². The molecule has 0 aliphatic heterocycles. The SMILES string of the molecule is COc1cc(C)c(C(Br)c2cccc(F)c2F)cc1OC. The quantitative estimate of drug-likeness (QED) is 0.734. The Bertz CT molecular complexity index is 659. The number of methoxy groups -OCH3 is 2. The molecule has 5 heteroatoms. The zero-order chi connectivity index (χ0) is 15.6.